The van der Waals surface area contributed by atoms with Crippen LogP contribution < -0.4 is 5.32 Å². The number of anilines is 1. The van der Waals surface area contributed by atoms with Gasteiger partial charge in [-0.15, -0.1) is 0 Å². The molecule has 1 unspecified atom stereocenters. The third-order valence-electron chi connectivity index (χ3n) is 6.42. The maximum Gasteiger partial charge on any atom is 0.0698 e. The number of para-hydroxylation sites is 2. The Balaban J connectivity index is 2.61. The smallest absolute Gasteiger partial charge is 0.0698 e. The van der Waals surface area contributed by atoms with E-state index < -0.39 is 0 Å². The van der Waals surface area contributed by atoms with Crippen LogP contribution in [0.1, 0.15) is 122 Å². The van der Waals surface area contributed by atoms with Crippen molar-refractivity contribution in [2.45, 2.75) is 106 Å². The molecular weight excluding hydrogens is 388 g/mol. The number of aliphatic imine (C=N–C) groups is 1. The second-order valence-corrected chi connectivity index (χ2v) is 10.8. The fraction of sp³-hybridized carbons (Fsp3) is 0.567. The Morgan fingerprint density at radius 3 is 1.34 bits per heavy atom. The highest BCUT2D eigenvalue weighted by atomic mass is 15.0. The summed E-state index contributed by atoms with van der Waals surface area (Å²) >= 11 is 0. The van der Waals surface area contributed by atoms with Crippen molar-refractivity contribution in [3.05, 3.63) is 58.7 Å². The Labute approximate surface area is 198 Å². The second kappa shape index (κ2) is 11.2. The van der Waals surface area contributed by atoms with Crippen LogP contribution >= 0.6 is 0 Å². The zero-order valence-electron chi connectivity index (χ0n) is 22.4. The van der Waals surface area contributed by atoms with Gasteiger partial charge in [-0.25, -0.2) is 0 Å². The minimum absolute atomic E-state index is 0.174. The van der Waals surface area contributed by atoms with E-state index in [0.717, 1.165) is 5.71 Å². The van der Waals surface area contributed by atoms with E-state index in [1.54, 1.807) is 0 Å². The first-order valence-electron chi connectivity index (χ1n) is 12.5. The standard InChI is InChI=1S/C30H46N2/c1-18(2)24-14-12-15-25(19(3)4)29(24)31-23(11)28(22(9)10)32-30-26(20(5)6)16-13-17-27(30)21(7)8/h12-22,28,32H,1-11H3. The first-order valence-corrected chi connectivity index (χ1v) is 12.5. The first-order chi connectivity index (χ1) is 15.0. The van der Waals surface area contributed by atoms with Gasteiger partial charge in [0.1, 0.15) is 0 Å². The summed E-state index contributed by atoms with van der Waals surface area (Å²) in [5.74, 6) is 2.25. The van der Waals surface area contributed by atoms with Crippen LogP contribution in [0.15, 0.2) is 41.4 Å². The van der Waals surface area contributed by atoms with E-state index in [0.29, 0.717) is 29.6 Å². The van der Waals surface area contributed by atoms with Gasteiger partial charge in [0.05, 0.1) is 11.7 Å². The highest BCUT2D eigenvalue weighted by molar-refractivity contribution is 5.93. The Hall–Kier alpha value is -2.09. The maximum atomic E-state index is 5.32. The Morgan fingerprint density at radius 2 is 1.00 bits per heavy atom. The van der Waals surface area contributed by atoms with Crippen molar-refractivity contribution in [3.8, 4) is 0 Å². The van der Waals surface area contributed by atoms with Gasteiger partial charge >= 0.3 is 0 Å². The molecule has 32 heavy (non-hydrogen) atoms. The molecule has 0 saturated carbocycles. The van der Waals surface area contributed by atoms with Gasteiger partial charge in [-0.05, 0) is 58.8 Å². The summed E-state index contributed by atoms with van der Waals surface area (Å²) in [5, 5.41) is 3.96. The molecule has 2 rings (SSSR count). The summed E-state index contributed by atoms with van der Waals surface area (Å²) in [6.07, 6.45) is 0. The van der Waals surface area contributed by atoms with Crippen LogP contribution in [0.2, 0.25) is 0 Å². The zero-order chi connectivity index (χ0) is 24.2. The number of hydrogen-bond donors (Lipinski definition) is 1. The van der Waals surface area contributed by atoms with Crippen molar-refractivity contribution in [2.24, 2.45) is 10.9 Å². The zero-order valence-corrected chi connectivity index (χ0v) is 22.4. The number of benzene rings is 2. The van der Waals surface area contributed by atoms with E-state index >= 15 is 0 Å². The monoisotopic (exact) mass is 434 g/mol. The average Bonchev–Trinajstić information content (AvgIpc) is 2.70. The number of hydrogen-bond acceptors (Lipinski definition) is 2. The average molecular weight is 435 g/mol. The first kappa shape index (κ1) is 26.2. The molecule has 0 amide bonds. The van der Waals surface area contributed by atoms with Crippen LogP contribution in [0, 0.1) is 5.92 Å². The molecule has 2 aromatic carbocycles. The fourth-order valence-electron chi connectivity index (χ4n) is 4.51. The van der Waals surface area contributed by atoms with Gasteiger partial charge in [0, 0.05) is 11.4 Å². The molecule has 0 heterocycles. The van der Waals surface area contributed by atoms with E-state index in [1.165, 1.54) is 33.6 Å². The SMILES string of the molecule is CC(=Nc1c(C(C)C)cccc1C(C)C)C(Nc1c(C(C)C)cccc1C(C)C)C(C)C. The summed E-state index contributed by atoms with van der Waals surface area (Å²) < 4.78 is 0. The number of nitrogens with zero attached hydrogens (tertiary/aromatic N) is 1. The molecule has 0 aliphatic rings. The van der Waals surface area contributed by atoms with Crippen molar-refractivity contribution in [1.82, 2.24) is 0 Å². The van der Waals surface area contributed by atoms with Gasteiger partial charge < -0.3 is 5.32 Å². The molecule has 0 saturated heterocycles. The third-order valence-corrected chi connectivity index (χ3v) is 6.42. The van der Waals surface area contributed by atoms with Crippen molar-refractivity contribution < 1.29 is 0 Å². The Morgan fingerprint density at radius 1 is 0.625 bits per heavy atom. The molecule has 0 fully saturated rings. The molecule has 2 heteroatoms. The van der Waals surface area contributed by atoms with Gasteiger partial charge in [0.25, 0.3) is 0 Å². The lowest BCUT2D eigenvalue weighted by Crippen LogP contribution is -2.34. The van der Waals surface area contributed by atoms with E-state index in [1.807, 2.05) is 0 Å². The Bertz CT molecular complexity index is 864. The van der Waals surface area contributed by atoms with Crippen LogP contribution in [0.3, 0.4) is 0 Å². The lowest BCUT2D eigenvalue weighted by atomic mass is 9.90. The summed E-state index contributed by atoms with van der Waals surface area (Å²) in [7, 11) is 0. The van der Waals surface area contributed by atoms with E-state index in [-0.39, 0.29) is 6.04 Å². The molecule has 0 spiro atoms. The molecule has 176 valence electrons. The molecule has 0 bridgehead atoms. The van der Waals surface area contributed by atoms with Crippen molar-refractivity contribution in [1.29, 1.82) is 0 Å². The van der Waals surface area contributed by atoms with Gasteiger partial charge in [0.2, 0.25) is 0 Å². The predicted octanol–water partition coefficient (Wildman–Crippen LogP) is 9.41. The second-order valence-electron chi connectivity index (χ2n) is 10.8. The van der Waals surface area contributed by atoms with E-state index in [2.05, 4.69) is 118 Å². The highest BCUT2D eigenvalue weighted by Crippen LogP contribution is 2.37. The van der Waals surface area contributed by atoms with Crippen LogP contribution in [0.5, 0.6) is 0 Å². The molecular formula is C30H46N2. The fourth-order valence-corrected chi connectivity index (χ4v) is 4.51. The Kier molecular flexibility index (Phi) is 9.13. The van der Waals surface area contributed by atoms with Gasteiger partial charge in [-0.1, -0.05) is 106 Å². The third kappa shape index (κ3) is 6.03. The number of rotatable bonds is 9. The maximum absolute atomic E-state index is 5.32. The van der Waals surface area contributed by atoms with Crippen LogP contribution in [-0.2, 0) is 0 Å². The molecule has 0 aromatic heterocycles. The highest BCUT2D eigenvalue weighted by Gasteiger charge is 2.23. The van der Waals surface area contributed by atoms with Crippen molar-refractivity contribution in [2.75, 3.05) is 5.32 Å². The lowest BCUT2D eigenvalue weighted by molar-refractivity contribution is 0.619. The van der Waals surface area contributed by atoms with Gasteiger partial charge in [-0.2, -0.15) is 0 Å². The van der Waals surface area contributed by atoms with Crippen molar-refractivity contribution in [3.63, 3.8) is 0 Å². The summed E-state index contributed by atoms with van der Waals surface area (Å²) in [6.45, 7) is 25.0. The van der Waals surface area contributed by atoms with Crippen LogP contribution in [-0.4, -0.2) is 11.8 Å². The van der Waals surface area contributed by atoms with E-state index in [4.69, 9.17) is 4.99 Å². The molecule has 0 aliphatic carbocycles. The normalized spacial score (nSPS) is 13.7. The predicted molar refractivity (Wildman–Crippen MR) is 144 cm³/mol. The molecule has 2 aromatic rings. The largest absolute Gasteiger partial charge is 0.376 e. The summed E-state index contributed by atoms with van der Waals surface area (Å²) in [4.78, 5) is 5.32. The van der Waals surface area contributed by atoms with Gasteiger partial charge in [-0.3, -0.25) is 4.99 Å². The molecule has 0 aliphatic heterocycles. The lowest BCUT2D eigenvalue weighted by Gasteiger charge is -2.29. The minimum Gasteiger partial charge on any atom is -0.376 e. The topological polar surface area (TPSA) is 24.4 Å². The van der Waals surface area contributed by atoms with Crippen molar-refractivity contribution >= 4 is 17.1 Å². The molecule has 1 N–H and O–H groups in total. The molecule has 2 nitrogen and oxygen atoms in total. The molecule has 1 atom stereocenters. The van der Waals surface area contributed by atoms with Crippen LogP contribution in [0.25, 0.3) is 0 Å². The van der Waals surface area contributed by atoms with E-state index in [9.17, 15) is 0 Å². The number of nitrogens with one attached hydrogen (secondary N) is 1. The minimum atomic E-state index is 0.174. The van der Waals surface area contributed by atoms with Gasteiger partial charge in [0.15, 0.2) is 0 Å². The van der Waals surface area contributed by atoms with Crippen LogP contribution in [0.4, 0.5) is 11.4 Å². The summed E-state index contributed by atoms with van der Waals surface area (Å²) in [6, 6.07) is 13.6. The quantitative estimate of drug-likeness (QED) is 0.390. The summed E-state index contributed by atoms with van der Waals surface area (Å²) in [5.41, 5.74) is 9.08. The molecule has 0 radical (unpaired) electrons.